The van der Waals surface area contributed by atoms with Crippen LogP contribution in [0.15, 0.2) is 10.7 Å². The van der Waals surface area contributed by atoms with Gasteiger partial charge in [-0.2, -0.15) is 4.98 Å². The monoisotopic (exact) mass is 227 g/mol. The van der Waals surface area contributed by atoms with E-state index in [1.807, 2.05) is 7.05 Å². The minimum Gasteiger partial charge on any atom is -0.449 e. The highest BCUT2D eigenvalue weighted by atomic mass is 16.6. The fraction of sp³-hybridized carbons (Fsp3) is 0.727. The number of aromatic nitrogens is 1. The van der Waals surface area contributed by atoms with Crippen molar-refractivity contribution in [2.75, 3.05) is 33.3 Å². The SMILES string of the molecule is CCN(CC)CCOc1nc(CNC)co1. The van der Waals surface area contributed by atoms with Crippen molar-refractivity contribution < 1.29 is 9.15 Å². The predicted octanol–water partition coefficient (Wildman–Crippen LogP) is 1.11. The summed E-state index contributed by atoms with van der Waals surface area (Å²) in [4.78, 5) is 6.47. The van der Waals surface area contributed by atoms with Gasteiger partial charge in [0, 0.05) is 13.1 Å². The second-order valence-corrected chi connectivity index (χ2v) is 3.51. The summed E-state index contributed by atoms with van der Waals surface area (Å²) in [5.74, 6) is 0. The van der Waals surface area contributed by atoms with E-state index in [2.05, 4.69) is 29.0 Å². The molecule has 0 saturated heterocycles. The average Bonchev–Trinajstić information content (AvgIpc) is 2.73. The van der Waals surface area contributed by atoms with E-state index in [4.69, 9.17) is 9.15 Å². The highest BCUT2D eigenvalue weighted by Gasteiger charge is 2.05. The van der Waals surface area contributed by atoms with Crippen molar-refractivity contribution in [1.29, 1.82) is 0 Å². The first-order valence-electron chi connectivity index (χ1n) is 5.74. The molecule has 1 aromatic rings. The van der Waals surface area contributed by atoms with Gasteiger partial charge in [0.25, 0.3) is 0 Å². The standard InChI is InChI=1S/C11H21N3O2/c1-4-14(5-2)6-7-15-11-13-10(8-12-3)9-16-11/h9,12H,4-8H2,1-3H3. The zero-order valence-electron chi connectivity index (χ0n) is 10.3. The summed E-state index contributed by atoms with van der Waals surface area (Å²) >= 11 is 0. The van der Waals surface area contributed by atoms with Gasteiger partial charge in [-0.3, -0.25) is 0 Å². The van der Waals surface area contributed by atoms with Crippen LogP contribution in [0.5, 0.6) is 6.08 Å². The lowest BCUT2D eigenvalue weighted by atomic mass is 10.5. The summed E-state index contributed by atoms with van der Waals surface area (Å²) in [5.41, 5.74) is 0.861. The van der Waals surface area contributed by atoms with E-state index < -0.39 is 0 Å². The van der Waals surface area contributed by atoms with E-state index in [-0.39, 0.29) is 0 Å². The van der Waals surface area contributed by atoms with Crippen molar-refractivity contribution >= 4 is 0 Å². The van der Waals surface area contributed by atoms with Gasteiger partial charge in [0.05, 0.1) is 5.69 Å². The molecule has 1 aromatic heterocycles. The van der Waals surface area contributed by atoms with E-state index >= 15 is 0 Å². The number of nitrogens with zero attached hydrogens (tertiary/aromatic N) is 2. The molecule has 5 nitrogen and oxygen atoms in total. The van der Waals surface area contributed by atoms with Gasteiger partial charge in [-0.15, -0.1) is 0 Å². The van der Waals surface area contributed by atoms with E-state index in [1.54, 1.807) is 6.26 Å². The second-order valence-electron chi connectivity index (χ2n) is 3.51. The van der Waals surface area contributed by atoms with Crippen molar-refractivity contribution in [3.8, 4) is 6.08 Å². The molecule has 5 heteroatoms. The topological polar surface area (TPSA) is 50.5 Å². The second kappa shape index (κ2) is 7.24. The third kappa shape index (κ3) is 4.20. The normalized spacial score (nSPS) is 11.0. The van der Waals surface area contributed by atoms with Crippen LogP contribution >= 0.6 is 0 Å². The molecule has 0 atom stereocenters. The zero-order valence-corrected chi connectivity index (χ0v) is 10.3. The van der Waals surface area contributed by atoms with Crippen molar-refractivity contribution in [3.63, 3.8) is 0 Å². The summed E-state index contributed by atoms with van der Waals surface area (Å²) in [5, 5.41) is 3.00. The van der Waals surface area contributed by atoms with Crippen LogP contribution in [0.1, 0.15) is 19.5 Å². The molecular formula is C11H21N3O2. The summed E-state index contributed by atoms with van der Waals surface area (Å²) in [6, 6.07) is 0. The summed E-state index contributed by atoms with van der Waals surface area (Å²) < 4.78 is 10.6. The molecule has 92 valence electrons. The minimum atomic E-state index is 0.359. The molecule has 0 spiro atoms. The van der Waals surface area contributed by atoms with E-state index in [9.17, 15) is 0 Å². The minimum absolute atomic E-state index is 0.359. The molecule has 0 unspecified atom stereocenters. The number of nitrogens with one attached hydrogen (secondary N) is 1. The van der Waals surface area contributed by atoms with Crippen LogP contribution in [0.4, 0.5) is 0 Å². The number of likely N-dealkylation sites (N-methyl/N-ethyl adjacent to an activating group) is 1. The number of rotatable bonds is 8. The van der Waals surface area contributed by atoms with Crippen LogP contribution in [0, 0.1) is 0 Å². The summed E-state index contributed by atoms with van der Waals surface area (Å²) in [6.45, 7) is 8.56. The van der Waals surface area contributed by atoms with Gasteiger partial charge in [0.15, 0.2) is 0 Å². The molecule has 0 aliphatic heterocycles. The van der Waals surface area contributed by atoms with Crippen molar-refractivity contribution in [3.05, 3.63) is 12.0 Å². The Labute approximate surface area is 96.8 Å². The fourth-order valence-electron chi connectivity index (χ4n) is 1.42. The van der Waals surface area contributed by atoms with Crippen LogP contribution in [0.2, 0.25) is 0 Å². The Bertz CT molecular complexity index is 285. The average molecular weight is 227 g/mol. The highest BCUT2D eigenvalue weighted by Crippen LogP contribution is 2.09. The van der Waals surface area contributed by atoms with Gasteiger partial charge in [-0.25, -0.2) is 0 Å². The molecule has 0 aliphatic carbocycles. The molecule has 1 N–H and O–H groups in total. The van der Waals surface area contributed by atoms with Crippen molar-refractivity contribution in [2.45, 2.75) is 20.4 Å². The van der Waals surface area contributed by atoms with Crippen LogP contribution in [-0.4, -0.2) is 43.2 Å². The molecule has 0 fully saturated rings. The van der Waals surface area contributed by atoms with Crippen LogP contribution in [-0.2, 0) is 6.54 Å². The molecule has 0 radical (unpaired) electrons. The van der Waals surface area contributed by atoms with Crippen molar-refractivity contribution in [1.82, 2.24) is 15.2 Å². The lowest BCUT2D eigenvalue weighted by Crippen LogP contribution is -2.27. The fourth-order valence-corrected chi connectivity index (χ4v) is 1.42. The maximum atomic E-state index is 5.42. The molecule has 0 aliphatic rings. The molecule has 0 bridgehead atoms. The van der Waals surface area contributed by atoms with Crippen LogP contribution in [0.25, 0.3) is 0 Å². The molecule has 0 saturated carbocycles. The maximum Gasteiger partial charge on any atom is 0.393 e. The Morgan fingerprint density at radius 1 is 1.44 bits per heavy atom. The number of hydrogen-bond acceptors (Lipinski definition) is 5. The first-order chi connectivity index (χ1) is 7.80. The van der Waals surface area contributed by atoms with E-state index in [1.165, 1.54) is 0 Å². The van der Waals surface area contributed by atoms with Crippen LogP contribution < -0.4 is 10.1 Å². The summed E-state index contributed by atoms with van der Waals surface area (Å²) in [7, 11) is 1.87. The van der Waals surface area contributed by atoms with E-state index in [0.717, 1.165) is 25.3 Å². The Morgan fingerprint density at radius 2 is 2.19 bits per heavy atom. The third-order valence-electron chi connectivity index (χ3n) is 2.42. The Kier molecular flexibility index (Phi) is 5.88. The predicted molar refractivity (Wildman–Crippen MR) is 62.5 cm³/mol. The molecule has 1 rings (SSSR count). The first kappa shape index (κ1) is 13.0. The van der Waals surface area contributed by atoms with Crippen LogP contribution in [0.3, 0.4) is 0 Å². The molecular weight excluding hydrogens is 206 g/mol. The maximum absolute atomic E-state index is 5.42. The first-order valence-corrected chi connectivity index (χ1v) is 5.74. The highest BCUT2D eigenvalue weighted by molar-refractivity contribution is 4.99. The molecule has 16 heavy (non-hydrogen) atoms. The van der Waals surface area contributed by atoms with Gasteiger partial charge < -0.3 is 19.4 Å². The van der Waals surface area contributed by atoms with Gasteiger partial charge >= 0.3 is 6.08 Å². The zero-order chi connectivity index (χ0) is 11.8. The Hall–Kier alpha value is -1.07. The third-order valence-corrected chi connectivity index (χ3v) is 2.42. The lowest BCUT2D eigenvalue weighted by molar-refractivity contribution is 0.183. The van der Waals surface area contributed by atoms with Gasteiger partial charge in [-0.05, 0) is 20.1 Å². The molecule has 0 amide bonds. The molecule has 1 heterocycles. The largest absolute Gasteiger partial charge is 0.449 e. The van der Waals surface area contributed by atoms with Gasteiger partial charge in [-0.1, -0.05) is 13.8 Å². The number of oxazole rings is 1. The summed E-state index contributed by atoms with van der Waals surface area (Å²) in [6.07, 6.45) is 1.97. The lowest BCUT2D eigenvalue weighted by Gasteiger charge is -2.16. The smallest absolute Gasteiger partial charge is 0.393 e. The number of ether oxygens (including phenoxy) is 1. The number of hydrogen-bond donors (Lipinski definition) is 1. The van der Waals surface area contributed by atoms with E-state index in [0.29, 0.717) is 19.2 Å². The van der Waals surface area contributed by atoms with Gasteiger partial charge in [0.1, 0.15) is 12.9 Å². The van der Waals surface area contributed by atoms with Crippen molar-refractivity contribution in [2.24, 2.45) is 0 Å². The Balaban J connectivity index is 2.25. The Morgan fingerprint density at radius 3 is 2.81 bits per heavy atom. The van der Waals surface area contributed by atoms with Gasteiger partial charge in [0.2, 0.25) is 0 Å². The molecule has 0 aromatic carbocycles. The quantitative estimate of drug-likeness (QED) is 0.721.